The van der Waals surface area contributed by atoms with Crippen LogP contribution in [-0.4, -0.2) is 59.4 Å². The van der Waals surface area contributed by atoms with Crippen LogP contribution in [0.5, 0.6) is 0 Å². The van der Waals surface area contributed by atoms with Crippen molar-refractivity contribution in [1.82, 2.24) is 15.1 Å². The van der Waals surface area contributed by atoms with Crippen LogP contribution in [0.15, 0.2) is 0 Å². The third-order valence-corrected chi connectivity index (χ3v) is 4.87. The first-order valence-electron chi connectivity index (χ1n) is 8.32. The highest BCUT2D eigenvalue weighted by atomic mass is 16.2. The molecule has 5 nitrogen and oxygen atoms in total. The van der Waals surface area contributed by atoms with Gasteiger partial charge in [0, 0.05) is 19.1 Å². The SMILES string of the molecule is CCC1NC(=O)C(CC)N(CC2CCN(C(C)C)C2)C1=O. The van der Waals surface area contributed by atoms with Crippen molar-refractivity contribution in [2.24, 2.45) is 5.92 Å². The molecule has 2 aliphatic rings. The van der Waals surface area contributed by atoms with Crippen LogP contribution in [0.25, 0.3) is 0 Å². The van der Waals surface area contributed by atoms with Gasteiger partial charge in [-0.25, -0.2) is 0 Å². The molecule has 21 heavy (non-hydrogen) atoms. The van der Waals surface area contributed by atoms with Crippen molar-refractivity contribution in [3.63, 3.8) is 0 Å². The van der Waals surface area contributed by atoms with Crippen LogP contribution in [0.3, 0.4) is 0 Å². The van der Waals surface area contributed by atoms with Crippen molar-refractivity contribution in [2.45, 2.75) is 65.1 Å². The first-order chi connectivity index (χ1) is 9.97. The number of carbonyl (C=O) groups is 2. The highest BCUT2D eigenvalue weighted by Crippen LogP contribution is 2.23. The Labute approximate surface area is 128 Å². The van der Waals surface area contributed by atoms with Crippen molar-refractivity contribution < 1.29 is 9.59 Å². The van der Waals surface area contributed by atoms with Gasteiger partial charge < -0.3 is 15.1 Å². The van der Waals surface area contributed by atoms with E-state index in [1.807, 2.05) is 18.7 Å². The molecule has 0 saturated carbocycles. The standard InChI is InChI=1S/C16H29N3O2/c1-5-13-16(21)19(14(6-2)15(20)17-13)10-12-7-8-18(9-12)11(3)4/h11-14H,5-10H2,1-4H3,(H,17,20). The molecule has 0 aromatic rings. The van der Waals surface area contributed by atoms with E-state index in [1.54, 1.807) is 0 Å². The van der Waals surface area contributed by atoms with Gasteiger partial charge in [0.05, 0.1) is 0 Å². The summed E-state index contributed by atoms with van der Waals surface area (Å²) >= 11 is 0. The quantitative estimate of drug-likeness (QED) is 0.830. The molecule has 2 fully saturated rings. The zero-order valence-electron chi connectivity index (χ0n) is 13.8. The molecule has 2 amide bonds. The number of nitrogens with one attached hydrogen (secondary N) is 1. The molecule has 0 bridgehead atoms. The summed E-state index contributed by atoms with van der Waals surface area (Å²) in [5, 5.41) is 2.86. The molecule has 0 aromatic heterocycles. The molecule has 0 aromatic carbocycles. The molecule has 3 unspecified atom stereocenters. The second kappa shape index (κ2) is 6.77. The lowest BCUT2D eigenvalue weighted by Gasteiger charge is -2.39. The minimum absolute atomic E-state index is 0.0164. The van der Waals surface area contributed by atoms with E-state index >= 15 is 0 Å². The summed E-state index contributed by atoms with van der Waals surface area (Å²) in [6.45, 7) is 11.2. The highest BCUT2D eigenvalue weighted by molar-refractivity contribution is 5.96. The number of carbonyl (C=O) groups excluding carboxylic acids is 2. The Kier molecular flexibility index (Phi) is 5.25. The minimum Gasteiger partial charge on any atom is -0.343 e. The molecule has 3 atom stereocenters. The van der Waals surface area contributed by atoms with Gasteiger partial charge in [-0.2, -0.15) is 0 Å². The molecule has 2 saturated heterocycles. The van der Waals surface area contributed by atoms with Gasteiger partial charge in [0.25, 0.3) is 0 Å². The number of hydrogen-bond acceptors (Lipinski definition) is 3. The van der Waals surface area contributed by atoms with Gasteiger partial charge in [-0.3, -0.25) is 9.59 Å². The zero-order valence-corrected chi connectivity index (χ0v) is 13.8. The van der Waals surface area contributed by atoms with Gasteiger partial charge >= 0.3 is 0 Å². The van der Waals surface area contributed by atoms with E-state index < -0.39 is 0 Å². The summed E-state index contributed by atoms with van der Waals surface area (Å²) in [5.41, 5.74) is 0. The van der Waals surface area contributed by atoms with E-state index in [2.05, 4.69) is 24.1 Å². The van der Waals surface area contributed by atoms with Gasteiger partial charge in [0.15, 0.2) is 0 Å². The van der Waals surface area contributed by atoms with Crippen LogP contribution in [-0.2, 0) is 9.59 Å². The van der Waals surface area contributed by atoms with Gasteiger partial charge in [-0.05, 0) is 45.6 Å². The van der Waals surface area contributed by atoms with Gasteiger partial charge in [-0.15, -0.1) is 0 Å². The second-order valence-corrected chi connectivity index (χ2v) is 6.63. The monoisotopic (exact) mass is 295 g/mol. The maximum absolute atomic E-state index is 12.6. The van der Waals surface area contributed by atoms with Crippen LogP contribution >= 0.6 is 0 Å². The summed E-state index contributed by atoms with van der Waals surface area (Å²) in [6, 6.07) is -0.0583. The van der Waals surface area contributed by atoms with Crippen molar-refractivity contribution in [3.05, 3.63) is 0 Å². The maximum Gasteiger partial charge on any atom is 0.245 e. The fourth-order valence-electron chi connectivity index (χ4n) is 3.48. The molecular formula is C16H29N3O2. The Morgan fingerprint density at radius 1 is 1.24 bits per heavy atom. The fourth-order valence-corrected chi connectivity index (χ4v) is 3.48. The minimum atomic E-state index is -0.331. The molecule has 2 heterocycles. The van der Waals surface area contributed by atoms with Crippen LogP contribution < -0.4 is 5.32 Å². The molecule has 5 heteroatoms. The first kappa shape index (κ1) is 16.3. The second-order valence-electron chi connectivity index (χ2n) is 6.63. The lowest BCUT2D eigenvalue weighted by Crippen LogP contribution is -2.63. The summed E-state index contributed by atoms with van der Waals surface area (Å²) in [7, 11) is 0. The summed E-state index contributed by atoms with van der Waals surface area (Å²) in [5.74, 6) is 0.614. The van der Waals surface area contributed by atoms with Gasteiger partial charge in [0.1, 0.15) is 12.1 Å². The molecular weight excluding hydrogens is 266 g/mol. The molecule has 0 radical (unpaired) electrons. The van der Waals surface area contributed by atoms with Crippen molar-refractivity contribution in [3.8, 4) is 0 Å². The zero-order chi connectivity index (χ0) is 15.6. The Bertz CT molecular complexity index is 397. The number of amides is 2. The molecule has 0 spiro atoms. The predicted molar refractivity (Wildman–Crippen MR) is 82.8 cm³/mol. The third kappa shape index (κ3) is 3.39. The molecule has 0 aliphatic carbocycles. The Morgan fingerprint density at radius 2 is 1.95 bits per heavy atom. The highest BCUT2D eigenvalue weighted by Gasteiger charge is 2.40. The van der Waals surface area contributed by atoms with Crippen molar-refractivity contribution in [2.75, 3.05) is 19.6 Å². The van der Waals surface area contributed by atoms with Gasteiger partial charge in [-0.1, -0.05) is 13.8 Å². The summed E-state index contributed by atoms with van der Waals surface area (Å²) < 4.78 is 0. The van der Waals surface area contributed by atoms with Crippen LogP contribution in [0, 0.1) is 5.92 Å². The molecule has 2 aliphatic heterocycles. The van der Waals surface area contributed by atoms with E-state index in [1.165, 1.54) is 0 Å². The molecule has 1 N–H and O–H groups in total. The lowest BCUT2D eigenvalue weighted by atomic mass is 10.00. The van der Waals surface area contributed by atoms with Crippen LogP contribution in [0.1, 0.15) is 47.0 Å². The smallest absolute Gasteiger partial charge is 0.245 e. The van der Waals surface area contributed by atoms with Crippen molar-refractivity contribution >= 4 is 11.8 Å². The Hall–Kier alpha value is -1.10. The Morgan fingerprint density at radius 3 is 2.48 bits per heavy atom. The number of nitrogens with zero attached hydrogens (tertiary/aromatic N) is 2. The van der Waals surface area contributed by atoms with E-state index in [4.69, 9.17) is 0 Å². The normalized spacial score (nSPS) is 31.1. The summed E-state index contributed by atoms with van der Waals surface area (Å²) in [4.78, 5) is 29.1. The summed E-state index contributed by atoms with van der Waals surface area (Å²) in [6.07, 6.45) is 2.48. The topological polar surface area (TPSA) is 52.7 Å². The van der Waals surface area contributed by atoms with Gasteiger partial charge in [0.2, 0.25) is 11.8 Å². The van der Waals surface area contributed by atoms with E-state index in [0.29, 0.717) is 24.8 Å². The van der Waals surface area contributed by atoms with E-state index in [9.17, 15) is 9.59 Å². The number of likely N-dealkylation sites (tertiary alicyclic amines) is 1. The predicted octanol–water partition coefficient (Wildman–Crippen LogP) is 1.23. The number of piperazine rings is 1. The first-order valence-corrected chi connectivity index (χ1v) is 8.32. The number of rotatable bonds is 5. The fraction of sp³-hybridized carbons (Fsp3) is 0.875. The van der Waals surface area contributed by atoms with Crippen LogP contribution in [0.4, 0.5) is 0 Å². The Balaban J connectivity index is 2.04. The average molecular weight is 295 g/mol. The van der Waals surface area contributed by atoms with Crippen molar-refractivity contribution in [1.29, 1.82) is 0 Å². The van der Waals surface area contributed by atoms with E-state index in [0.717, 1.165) is 26.1 Å². The molecule has 120 valence electrons. The average Bonchev–Trinajstić information content (AvgIpc) is 2.91. The lowest BCUT2D eigenvalue weighted by molar-refractivity contribution is -0.150. The van der Waals surface area contributed by atoms with Crippen LogP contribution in [0.2, 0.25) is 0 Å². The maximum atomic E-state index is 12.6. The number of hydrogen-bond donors (Lipinski definition) is 1. The third-order valence-electron chi connectivity index (χ3n) is 4.87. The molecule has 2 rings (SSSR count). The van der Waals surface area contributed by atoms with E-state index in [-0.39, 0.29) is 23.9 Å². The largest absolute Gasteiger partial charge is 0.343 e.